The molecule has 156 valence electrons. The zero-order chi connectivity index (χ0) is 21.4. The Morgan fingerprint density at radius 1 is 0.931 bits per heavy atom. The molecule has 0 spiro atoms. The van der Waals surface area contributed by atoms with Crippen molar-refractivity contribution >= 4 is 11.8 Å². The normalized spacial score (nSPS) is 12.1. The van der Waals surface area contributed by atoms with Crippen LogP contribution >= 0.6 is 0 Å². The first kappa shape index (κ1) is 22.6. The van der Waals surface area contributed by atoms with Crippen LogP contribution in [0.5, 0.6) is 0 Å². The van der Waals surface area contributed by atoms with Gasteiger partial charge in [-0.15, -0.1) is 0 Å². The topological polar surface area (TPSA) is 61.4 Å². The van der Waals surface area contributed by atoms with Crippen molar-refractivity contribution in [3.8, 4) is 0 Å². The van der Waals surface area contributed by atoms with Gasteiger partial charge >= 0.3 is 0 Å². The second kappa shape index (κ2) is 10.8. The first-order valence-electron chi connectivity index (χ1n) is 10.2. The van der Waals surface area contributed by atoms with Gasteiger partial charge in [-0.2, -0.15) is 0 Å². The summed E-state index contributed by atoms with van der Waals surface area (Å²) >= 11 is 0. The summed E-state index contributed by atoms with van der Waals surface area (Å²) in [5, 5.41) is 5.68. The minimum atomic E-state index is -0.101. The second-order valence-corrected chi connectivity index (χ2v) is 8.08. The van der Waals surface area contributed by atoms with E-state index in [1.807, 2.05) is 31.0 Å². The molecule has 0 saturated heterocycles. The Morgan fingerprint density at radius 3 is 2.07 bits per heavy atom. The molecule has 2 rings (SSSR count). The van der Waals surface area contributed by atoms with Crippen LogP contribution < -0.4 is 10.6 Å². The number of carbonyl (C=O) groups excluding carboxylic acids is 2. The average molecular weight is 396 g/mol. The van der Waals surface area contributed by atoms with Crippen molar-refractivity contribution in [2.45, 2.75) is 39.8 Å². The van der Waals surface area contributed by atoms with Crippen LogP contribution in [0.4, 0.5) is 0 Å². The fourth-order valence-corrected chi connectivity index (χ4v) is 3.30. The molecule has 0 unspecified atom stereocenters. The summed E-state index contributed by atoms with van der Waals surface area (Å²) in [6.45, 7) is 7.38. The molecule has 2 aromatic carbocycles. The molecular weight excluding hydrogens is 362 g/mol. The van der Waals surface area contributed by atoms with Crippen LogP contribution in [0.3, 0.4) is 0 Å². The van der Waals surface area contributed by atoms with E-state index in [0.717, 1.165) is 17.5 Å². The van der Waals surface area contributed by atoms with Gasteiger partial charge in [-0.05, 0) is 55.1 Å². The lowest BCUT2D eigenvalue weighted by Gasteiger charge is -2.20. The number of hydrogen-bond donors (Lipinski definition) is 2. The van der Waals surface area contributed by atoms with Crippen molar-refractivity contribution in [1.29, 1.82) is 0 Å². The maximum Gasteiger partial charge on any atom is 0.251 e. The minimum Gasteiger partial charge on any atom is -0.355 e. The van der Waals surface area contributed by atoms with Crippen molar-refractivity contribution in [1.82, 2.24) is 15.5 Å². The van der Waals surface area contributed by atoms with Gasteiger partial charge in [-0.25, -0.2) is 0 Å². The van der Waals surface area contributed by atoms with Gasteiger partial charge in [0.25, 0.3) is 5.91 Å². The van der Waals surface area contributed by atoms with Gasteiger partial charge < -0.3 is 10.6 Å². The highest BCUT2D eigenvalue weighted by Crippen LogP contribution is 2.15. The number of nitrogens with zero attached hydrogens (tertiary/aromatic N) is 1. The van der Waals surface area contributed by atoms with E-state index in [9.17, 15) is 9.59 Å². The van der Waals surface area contributed by atoms with E-state index in [-0.39, 0.29) is 17.9 Å². The number of amides is 2. The minimum absolute atomic E-state index is 0.00626. The average Bonchev–Trinajstić information content (AvgIpc) is 2.67. The maximum absolute atomic E-state index is 12.4. The number of nitrogens with one attached hydrogen (secondary N) is 2. The van der Waals surface area contributed by atoms with E-state index in [1.54, 1.807) is 19.2 Å². The van der Waals surface area contributed by atoms with E-state index in [4.69, 9.17) is 0 Å². The molecule has 2 aromatic rings. The fraction of sp³-hybridized carbons (Fsp3) is 0.417. The lowest BCUT2D eigenvalue weighted by atomic mass is 10.00. The van der Waals surface area contributed by atoms with Crippen molar-refractivity contribution in [3.63, 3.8) is 0 Å². The monoisotopic (exact) mass is 395 g/mol. The van der Waals surface area contributed by atoms with Gasteiger partial charge in [-0.1, -0.05) is 50.2 Å². The summed E-state index contributed by atoms with van der Waals surface area (Å²) in [4.78, 5) is 26.0. The van der Waals surface area contributed by atoms with Gasteiger partial charge in [-0.3, -0.25) is 14.5 Å². The Bertz CT molecular complexity index is 798. The summed E-state index contributed by atoms with van der Waals surface area (Å²) in [6.07, 6.45) is 1.07. The van der Waals surface area contributed by atoms with Gasteiger partial charge in [0.1, 0.15) is 0 Å². The lowest BCUT2D eigenvalue weighted by molar-refractivity contribution is -0.122. The number of carbonyl (C=O) groups is 2. The molecule has 0 saturated carbocycles. The third kappa shape index (κ3) is 7.35. The molecule has 0 aliphatic carbocycles. The number of rotatable bonds is 9. The van der Waals surface area contributed by atoms with E-state index in [1.165, 1.54) is 5.56 Å². The first-order chi connectivity index (χ1) is 13.8. The Kier molecular flexibility index (Phi) is 8.40. The van der Waals surface area contributed by atoms with Crippen LogP contribution in [0.15, 0.2) is 48.5 Å². The van der Waals surface area contributed by atoms with Crippen LogP contribution in [0, 0.1) is 5.92 Å². The summed E-state index contributed by atoms with van der Waals surface area (Å²) in [7, 11) is 3.53. The molecule has 0 aliphatic rings. The molecule has 0 radical (unpaired) electrons. The van der Waals surface area contributed by atoms with E-state index in [0.29, 0.717) is 24.6 Å². The third-order valence-corrected chi connectivity index (χ3v) is 4.81. The maximum atomic E-state index is 12.4. The Hall–Kier alpha value is -2.66. The Morgan fingerprint density at radius 2 is 1.52 bits per heavy atom. The summed E-state index contributed by atoms with van der Waals surface area (Å²) in [5.74, 6) is 0.525. The highest BCUT2D eigenvalue weighted by atomic mass is 16.2. The van der Waals surface area contributed by atoms with Crippen LogP contribution in [-0.2, 0) is 17.8 Å². The van der Waals surface area contributed by atoms with Gasteiger partial charge in [0.05, 0.1) is 12.6 Å². The van der Waals surface area contributed by atoms with E-state index in [2.05, 4.69) is 48.7 Å². The van der Waals surface area contributed by atoms with Crippen LogP contribution in [-0.4, -0.2) is 37.4 Å². The number of hydrogen-bond acceptors (Lipinski definition) is 3. The zero-order valence-electron chi connectivity index (χ0n) is 18.2. The molecular formula is C24H33N3O2. The number of likely N-dealkylation sites (N-methyl/N-ethyl adjacent to an activating group) is 1. The van der Waals surface area contributed by atoms with Crippen molar-refractivity contribution in [2.75, 3.05) is 20.6 Å². The standard InChI is InChI=1S/C24H33N3O2/c1-17(2)14-19-6-10-21(11-7-19)18(3)26-23(28)16-27(5)15-20-8-12-22(13-9-20)24(29)25-4/h6-13,17-18H,14-16H2,1-5H3,(H,25,29)(H,26,28)/t18-/m1/s1. The molecule has 2 N–H and O–H groups in total. The van der Waals surface area contributed by atoms with Gasteiger partial charge in [0, 0.05) is 19.2 Å². The van der Waals surface area contributed by atoms with Crippen molar-refractivity contribution in [2.24, 2.45) is 5.92 Å². The summed E-state index contributed by atoms with van der Waals surface area (Å²) in [5.41, 5.74) is 4.12. The smallest absolute Gasteiger partial charge is 0.251 e. The molecule has 5 nitrogen and oxygen atoms in total. The molecule has 29 heavy (non-hydrogen) atoms. The lowest BCUT2D eigenvalue weighted by Crippen LogP contribution is -2.36. The Balaban J connectivity index is 1.83. The van der Waals surface area contributed by atoms with Gasteiger partial charge in [0.15, 0.2) is 0 Å². The molecule has 0 aliphatic heterocycles. The quantitative estimate of drug-likeness (QED) is 0.683. The molecule has 0 aromatic heterocycles. The van der Waals surface area contributed by atoms with Crippen molar-refractivity contribution < 1.29 is 9.59 Å². The highest BCUT2D eigenvalue weighted by molar-refractivity contribution is 5.93. The fourth-order valence-electron chi connectivity index (χ4n) is 3.30. The molecule has 5 heteroatoms. The molecule has 0 heterocycles. The predicted molar refractivity (Wildman–Crippen MR) is 118 cm³/mol. The van der Waals surface area contributed by atoms with Crippen LogP contribution in [0.2, 0.25) is 0 Å². The summed E-state index contributed by atoms with van der Waals surface area (Å²) in [6, 6.07) is 15.9. The molecule has 2 amide bonds. The first-order valence-corrected chi connectivity index (χ1v) is 10.2. The molecule has 0 fully saturated rings. The van der Waals surface area contributed by atoms with Crippen molar-refractivity contribution in [3.05, 3.63) is 70.8 Å². The third-order valence-electron chi connectivity index (χ3n) is 4.81. The predicted octanol–water partition coefficient (Wildman–Crippen LogP) is 3.55. The summed E-state index contributed by atoms with van der Waals surface area (Å²) < 4.78 is 0. The SMILES string of the molecule is CNC(=O)c1ccc(CN(C)CC(=O)N[C@H](C)c2ccc(CC(C)C)cc2)cc1. The highest BCUT2D eigenvalue weighted by Gasteiger charge is 2.12. The van der Waals surface area contributed by atoms with Crippen LogP contribution in [0.25, 0.3) is 0 Å². The largest absolute Gasteiger partial charge is 0.355 e. The van der Waals surface area contributed by atoms with E-state index < -0.39 is 0 Å². The molecule has 0 bridgehead atoms. The Labute approximate surface area is 174 Å². The van der Waals surface area contributed by atoms with Gasteiger partial charge in [0.2, 0.25) is 5.91 Å². The number of benzene rings is 2. The van der Waals surface area contributed by atoms with Crippen LogP contribution in [0.1, 0.15) is 53.9 Å². The van der Waals surface area contributed by atoms with E-state index >= 15 is 0 Å². The molecule has 1 atom stereocenters. The zero-order valence-corrected chi connectivity index (χ0v) is 18.2. The second-order valence-electron chi connectivity index (χ2n) is 8.08.